The van der Waals surface area contributed by atoms with Crippen LogP contribution in [0.25, 0.3) is 11.2 Å². The number of H-pyrrole nitrogens is 1. The summed E-state index contributed by atoms with van der Waals surface area (Å²) in [7, 11) is 1.56. The molecule has 12 heteroatoms. The fraction of sp³-hybridized carbons (Fsp3) is 0.458. The number of benzene rings is 1. The Morgan fingerprint density at radius 3 is 2.83 bits per heavy atom. The quantitative estimate of drug-likeness (QED) is 0.495. The Labute approximate surface area is 211 Å². The van der Waals surface area contributed by atoms with E-state index in [9.17, 15) is 10.1 Å². The van der Waals surface area contributed by atoms with Gasteiger partial charge in [-0.15, -0.1) is 0 Å². The molecule has 0 radical (unpaired) electrons. The molecule has 1 fully saturated rings. The number of carbonyl (C=O) groups excluding carboxylic acids is 1. The molecule has 2 aliphatic rings. The van der Waals surface area contributed by atoms with E-state index in [2.05, 4.69) is 16.0 Å². The number of nitriles is 1. The number of nitrogens with zero attached hydrogens (tertiary/aromatic N) is 5. The molecule has 1 atom stereocenters. The number of rotatable bonds is 7. The number of ether oxygens (including phenoxy) is 3. The molecule has 0 unspecified atom stereocenters. The predicted octanol–water partition coefficient (Wildman–Crippen LogP) is 2.65. The van der Waals surface area contributed by atoms with E-state index in [0.29, 0.717) is 50.7 Å². The zero-order valence-corrected chi connectivity index (χ0v) is 20.9. The number of piperidine rings is 1. The lowest BCUT2D eigenvalue weighted by atomic mass is 9.93. The molecule has 11 nitrogen and oxygen atoms in total. The van der Waals surface area contributed by atoms with Crippen molar-refractivity contribution in [3.8, 4) is 17.6 Å². The van der Waals surface area contributed by atoms with Crippen LogP contribution < -0.4 is 15.0 Å². The van der Waals surface area contributed by atoms with Crippen LogP contribution in [0, 0.1) is 22.7 Å². The van der Waals surface area contributed by atoms with Crippen molar-refractivity contribution < 1.29 is 19.0 Å². The summed E-state index contributed by atoms with van der Waals surface area (Å²) in [5, 5.41) is 18.4. The van der Waals surface area contributed by atoms with Crippen molar-refractivity contribution in [3.05, 3.63) is 29.5 Å². The van der Waals surface area contributed by atoms with Crippen LogP contribution in [0.4, 0.5) is 0 Å². The first-order valence-corrected chi connectivity index (χ1v) is 12.6. The number of aryl methyl sites for hydroxylation is 1. The first-order valence-electron chi connectivity index (χ1n) is 11.8. The second-order valence-corrected chi connectivity index (χ2v) is 9.91. The summed E-state index contributed by atoms with van der Waals surface area (Å²) in [4.78, 5) is 27.1. The Hall–Kier alpha value is -3.56. The fourth-order valence-electron chi connectivity index (χ4n) is 4.50. The summed E-state index contributed by atoms with van der Waals surface area (Å²) in [5.41, 5.74) is 1.78. The van der Waals surface area contributed by atoms with E-state index in [4.69, 9.17) is 24.6 Å². The van der Waals surface area contributed by atoms with Gasteiger partial charge >= 0.3 is 0 Å². The zero-order valence-electron chi connectivity index (χ0n) is 20.1. The molecule has 1 aromatic carbocycles. The molecule has 2 aliphatic heterocycles. The first kappa shape index (κ1) is 24.1. The van der Waals surface area contributed by atoms with Gasteiger partial charge in [0, 0.05) is 37.7 Å². The van der Waals surface area contributed by atoms with E-state index in [1.165, 1.54) is 11.8 Å². The molecule has 36 heavy (non-hydrogen) atoms. The second kappa shape index (κ2) is 10.2. The standard InChI is InChI=1S/C24H27N7O4S/c1-14(33-2)23(32)30-6-3-15(4-7-30)5-8-31-12-27-21(26)20-22(31)29-24(28-20)36-19-10-18-17(34-13-35-18)9-16(19)11-25/h9-10,12,14-15,26H,3-8,13H2,1-2H3,(H,28,29)/t14-/m0/s1. The monoisotopic (exact) mass is 509 g/mol. The molecule has 3 aromatic rings. The number of carbonyl (C=O) groups is 1. The van der Waals surface area contributed by atoms with Crippen LogP contribution in [0.15, 0.2) is 28.5 Å². The Morgan fingerprint density at radius 1 is 1.36 bits per heavy atom. The Bertz CT molecular complexity index is 1390. The summed E-state index contributed by atoms with van der Waals surface area (Å²) < 4.78 is 17.9. The normalized spacial score (nSPS) is 16.3. The van der Waals surface area contributed by atoms with Gasteiger partial charge in [0.05, 0.1) is 11.9 Å². The van der Waals surface area contributed by atoms with E-state index in [-0.39, 0.29) is 18.2 Å². The van der Waals surface area contributed by atoms with Gasteiger partial charge in [0.15, 0.2) is 27.8 Å². The second-order valence-electron chi connectivity index (χ2n) is 8.88. The maximum absolute atomic E-state index is 12.3. The minimum atomic E-state index is -0.409. The van der Waals surface area contributed by atoms with Crippen molar-refractivity contribution in [1.82, 2.24) is 24.4 Å². The van der Waals surface area contributed by atoms with Crippen LogP contribution in [0.2, 0.25) is 0 Å². The van der Waals surface area contributed by atoms with Crippen LogP contribution in [0.5, 0.6) is 11.5 Å². The highest BCUT2D eigenvalue weighted by Crippen LogP contribution is 2.40. The van der Waals surface area contributed by atoms with Gasteiger partial charge in [0.1, 0.15) is 17.7 Å². The van der Waals surface area contributed by atoms with E-state index < -0.39 is 6.10 Å². The number of aromatic amines is 1. The lowest BCUT2D eigenvalue weighted by molar-refractivity contribution is -0.142. The maximum atomic E-state index is 12.3. The van der Waals surface area contributed by atoms with Crippen molar-refractivity contribution >= 4 is 28.8 Å². The summed E-state index contributed by atoms with van der Waals surface area (Å²) in [6.45, 7) is 4.10. The van der Waals surface area contributed by atoms with Crippen molar-refractivity contribution in [3.63, 3.8) is 0 Å². The number of amides is 1. The van der Waals surface area contributed by atoms with Crippen molar-refractivity contribution in [1.29, 1.82) is 10.7 Å². The van der Waals surface area contributed by atoms with E-state index in [1.54, 1.807) is 32.5 Å². The summed E-state index contributed by atoms with van der Waals surface area (Å²) in [6, 6.07) is 5.64. The highest BCUT2D eigenvalue weighted by molar-refractivity contribution is 7.99. The SMILES string of the molecule is CO[C@@H](C)C(=O)N1CCC(CCn2cnc(=N)c3[nH]c(Sc4cc5c(cc4C#N)OCO5)nc32)CC1. The van der Waals surface area contributed by atoms with Crippen molar-refractivity contribution in [2.45, 2.75) is 48.9 Å². The van der Waals surface area contributed by atoms with Crippen molar-refractivity contribution in [2.24, 2.45) is 5.92 Å². The Morgan fingerprint density at radius 2 is 2.11 bits per heavy atom. The molecule has 0 aliphatic carbocycles. The average molecular weight is 510 g/mol. The molecule has 5 rings (SSSR count). The van der Waals surface area contributed by atoms with Gasteiger partial charge in [-0.25, -0.2) is 9.97 Å². The molecule has 0 saturated carbocycles. The molecule has 0 bridgehead atoms. The third kappa shape index (κ3) is 4.76. The molecule has 2 aromatic heterocycles. The third-order valence-electron chi connectivity index (χ3n) is 6.71. The van der Waals surface area contributed by atoms with Gasteiger partial charge < -0.3 is 28.7 Å². The summed E-state index contributed by atoms with van der Waals surface area (Å²) in [5.74, 6) is 1.69. The molecular weight excluding hydrogens is 482 g/mol. The van der Waals surface area contributed by atoms with Gasteiger partial charge in [0.2, 0.25) is 6.79 Å². The molecule has 188 valence electrons. The zero-order chi connectivity index (χ0) is 25.2. The van der Waals surface area contributed by atoms with E-state index in [1.807, 2.05) is 9.47 Å². The third-order valence-corrected chi connectivity index (χ3v) is 7.65. The van der Waals surface area contributed by atoms with E-state index in [0.717, 1.165) is 32.4 Å². The number of fused-ring (bicyclic) bond motifs is 2. The number of hydrogen-bond donors (Lipinski definition) is 2. The number of aromatic nitrogens is 4. The average Bonchev–Trinajstić information content (AvgIpc) is 3.54. The Balaban J connectivity index is 1.29. The molecule has 0 spiro atoms. The highest BCUT2D eigenvalue weighted by Gasteiger charge is 2.26. The van der Waals surface area contributed by atoms with Gasteiger partial charge in [-0.2, -0.15) is 5.26 Å². The fourth-order valence-corrected chi connectivity index (χ4v) is 5.37. The maximum Gasteiger partial charge on any atom is 0.251 e. The summed E-state index contributed by atoms with van der Waals surface area (Å²) >= 11 is 1.30. The first-order chi connectivity index (χ1) is 17.5. The number of likely N-dealkylation sites (tertiary alicyclic amines) is 1. The topological polar surface area (TPSA) is 142 Å². The van der Waals surface area contributed by atoms with E-state index >= 15 is 0 Å². The highest BCUT2D eigenvalue weighted by atomic mass is 32.2. The van der Waals surface area contributed by atoms with Crippen LogP contribution in [-0.4, -0.2) is 63.4 Å². The van der Waals surface area contributed by atoms with Gasteiger partial charge in [0.25, 0.3) is 5.91 Å². The minimum Gasteiger partial charge on any atom is -0.454 e. The Kier molecular flexibility index (Phi) is 6.84. The number of methoxy groups -OCH3 is 1. The molecule has 2 N–H and O–H groups in total. The summed E-state index contributed by atoms with van der Waals surface area (Å²) in [6.07, 6.45) is 4.06. The van der Waals surface area contributed by atoms with Crippen LogP contribution in [0.1, 0.15) is 31.7 Å². The molecule has 1 amide bonds. The molecule has 4 heterocycles. The van der Waals surface area contributed by atoms with Gasteiger partial charge in [-0.05, 0) is 38.2 Å². The minimum absolute atomic E-state index is 0.0471. The van der Waals surface area contributed by atoms with Gasteiger partial charge in [-0.1, -0.05) is 11.8 Å². The van der Waals surface area contributed by atoms with Crippen LogP contribution >= 0.6 is 11.8 Å². The largest absolute Gasteiger partial charge is 0.454 e. The molecular formula is C24H27N7O4S. The number of imidazole rings is 1. The molecule has 1 saturated heterocycles. The van der Waals surface area contributed by atoms with Crippen molar-refractivity contribution in [2.75, 3.05) is 27.0 Å². The van der Waals surface area contributed by atoms with Gasteiger partial charge in [-0.3, -0.25) is 10.2 Å². The predicted molar refractivity (Wildman–Crippen MR) is 130 cm³/mol. The lowest BCUT2D eigenvalue weighted by Gasteiger charge is -2.33. The number of nitrogens with one attached hydrogen (secondary N) is 2. The smallest absolute Gasteiger partial charge is 0.251 e. The van der Waals surface area contributed by atoms with Crippen LogP contribution in [0.3, 0.4) is 0 Å². The lowest BCUT2D eigenvalue weighted by Crippen LogP contribution is -2.43. The van der Waals surface area contributed by atoms with Crippen LogP contribution in [-0.2, 0) is 16.1 Å². The number of hydrogen-bond acceptors (Lipinski definition) is 9.